The quantitative estimate of drug-likeness (QED) is 0.529. The van der Waals surface area contributed by atoms with E-state index in [1.807, 2.05) is 0 Å². The summed E-state index contributed by atoms with van der Waals surface area (Å²) in [5.41, 5.74) is 1.97. The lowest BCUT2D eigenvalue weighted by Gasteiger charge is -2.04. The largest absolute Gasteiger partial charge is 0.295 e. The van der Waals surface area contributed by atoms with Gasteiger partial charge in [-0.3, -0.25) is 15.5 Å². The Morgan fingerprint density at radius 3 is 2.48 bits per heavy atom. The lowest BCUT2D eigenvalue weighted by molar-refractivity contribution is -0.384. The van der Waals surface area contributed by atoms with Gasteiger partial charge in [0.1, 0.15) is 23.6 Å². The summed E-state index contributed by atoms with van der Waals surface area (Å²) in [6, 6.07) is 11.5. The lowest BCUT2D eigenvalue weighted by atomic mass is 10.1. The second kappa shape index (κ2) is 6.78. The summed E-state index contributed by atoms with van der Waals surface area (Å²) < 4.78 is 13.4. The first-order chi connectivity index (χ1) is 11.1. The molecule has 0 fully saturated rings. The van der Waals surface area contributed by atoms with E-state index in [1.54, 1.807) is 18.2 Å². The van der Waals surface area contributed by atoms with Crippen LogP contribution in [0.15, 0.2) is 41.5 Å². The monoisotopic (exact) mass is 309 g/mol. The third kappa shape index (κ3) is 3.46. The van der Waals surface area contributed by atoms with Crippen molar-refractivity contribution in [3.05, 3.63) is 69.0 Å². The van der Waals surface area contributed by atoms with Crippen LogP contribution in [0, 0.1) is 38.6 Å². The zero-order valence-corrected chi connectivity index (χ0v) is 11.5. The van der Waals surface area contributed by atoms with Crippen molar-refractivity contribution >= 4 is 17.6 Å². The summed E-state index contributed by atoms with van der Waals surface area (Å²) in [6.07, 6.45) is 1.16. The van der Waals surface area contributed by atoms with E-state index in [4.69, 9.17) is 10.5 Å². The maximum Gasteiger partial charge on any atom is 0.295 e. The topological polar surface area (TPSA) is 115 Å². The molecule has 2 aromatic carbocycles. The van der Waals surface area contributed by atoms with Crippen LogP contribution in [0.1, 0.15) is 16.7 Å². The van der Waals surface area contributed by atoms with Crippen molar-refractivity contribution in [2.45, 2.75) is 0 Å². The highest BCUT2D eigenvalue weighted by Gasteiger charge is 2.18. The van der Waals surface area contributed by atoms with Crippen molar-refractivity contribution in [3.8, 4) is 12.1 Å². The Bertz CT molecular complexity index is 880. The number of nitriles is 2. The fourth-order valence-corrected chi connectivity index (χ4v) is 1.77. The van der Waals surface area contributed by atoms with Crippen LogP contribution in [0.5, 0.6) is 0 Å². The number of benzene rings is 2. The predicted molar refractivity (Wildman–Crippen MR) is 80.1 cm³/mol. The van der Waals surface area contributed by atoms with E-state index in [0.717, 1.165) is 18.3 Å². The summed E-state index contributed by atoms with van der Waals surface area (Å²) in [5.74, 6) is -0.495. The molecule has 0 aliphatic rings. The van der Waals surface area contributed by atoms with Crippen molar-refractivity contribution < 1.29 is 9.31 Å². The van der Waals surface area contributed by atoms with E-state index in [-0.39, 0.29) is 22.4 Å². The molecule has 23 heavy (non-hydrogen) atoms. The van der Waals surface area contributed by atoms with Gasteiger partial charge in [0.25, 0.3) is 5.69 Å². The summed E-state index contributed by atoms with van der Waals surface area (Å²) in [6.45, 7) is 0. The Kier molecular flexibility index (Phi) is 4.60. The van der Waals surface area contributed by atoms with Gasteiger partial charge in [0.15, 0.2) is 0 Å². The highest BCUT2D eigenvalue weighted by Crippen LogP contribution is 2.28. The van der Waals surface area contributed by atoms with Crippen molar-refractivity contribution in [3.63, 3.8) is 0 Å². The Labute approximate surface area is 130 Å². The van der Waals surface area contributed by atoms with Gasteiger partial charge in [0.05, 0.1) is 22.3 Å². The first kappa shape index (κ1) is 15.6. The van der Waals surface area contributed by atoms with Crippen molar-refractivity contribution in [2.24, 2.45) is 5.10 Å². The molecule has 0 saturated carbocycles. The second-order valence-corrected chi connectivity index (χ2v) is 4.29. The van der Waals surface area contributed by atoms with Crippen LogP contribution in [-0.4, -0.2) is 11.1 Å². The molecule has 0 aromatic heterocycles. The molecule has 0 amide bonds. The number of anilines is 1. The van der Waals surface area contributed by atoms with Gasteiger partial charge in [-0.25, -0.2) is 4.39 Å². The van der Waals surface area contributed by atoms with Crippen molar-refractivity contribution in [1.29, 1.82) is 10.5 Å². The molecule has 0 spiro atoms. The van der Waals surface area contributed by atoms with E-state index >= 15 is 0 Å². The number of hydrazone groups is 1. The molecule has 8 heteroatoms. The molecule has 0 radical (unpaired) electrons. The first-order valence-corrected chi connectivity index (χ1v) is 6.23. The van der Waals surface area contributed by atoms with Crippen LogP contribution >= 0.6 is 0 Å². The van der Waals surface area contributed by atoms with Crippen LogP contribution in [0.3, 0.4) is 0 Å². The maximum atomic E-state index is 13.4. The van der Waals surface area contributed by atoms with E-state index in [1.165, 1.54) is 18.2 Å². The minimum absolute atomic E-state index is 0.0262. The average Bonchev–Trinajstić information content (AvgIpc) is 2.55. The number of hydrogen-bond acceptors (Lipinski definition) is 6. The van der Waals surface area contributed by atoms with Crippen LogP contribution in [0.4, 0.5) is 15.8 Å². The van der Waals surface area contributed by atoms with E-state index in [2.05, 4.69) is 10.5 Å². The molecule has 112 valence electrons. The molecular formula is C15H8FN5O2. The summed E-state index contributed by atoms with van der Waals surface area (Å²) in [4.78, 5) is 10.3. The van der Waals surface area contributed by atoms with Gasteiger partial charge in [-0.1, -0.05) is 18.2 Å². The Morgan fingerprint density at radius 2 is 1.87 bits per heavy atom. The van der Waals surface area contributed by atoms with Crippen molar-refractivity contribution in [1.82, 2.24) is 0 Å². The van der Waals surface area contributed by atoms with Gasteiger partial charge in [-0.15, -0.1) is 0 Å². The van der Waals surface area contributed by atoms with Gasteiger partial charge < -0.3 is 0 Å². The third-order valence-electron chi connectivity index (χ3n) is 2.87. The molecule has 2 aromatic rings. The smallest absolute Gasteiger partial charge is 0.272 e. The SMILES string of the molecule is N#Cc1cc(N/N=C/c2ccccc2F)c([N+](=O)[O-])cc1C#N. The minimum Gasteiger partial charge on any atom is -0.272 e. The number of nitrogens with one attached hydrogen (secondary N) is 1. The lowest BCUT2D eigenvalue weighted by Crippen LogP contribution is -2.00. The summed E-state index contributed by atoms with van der Waals surface area (Å²) in [7, 11) is 0. The number of nitro groups is 1. The highest BCUT2D eigenvalue weighted by atomic mass is 19.1. The van der Waals surface area contributed by atoms with E-state index in [9.17, 15) is 14.5 Å². The van der Waals surface area contributed by atoms with E-state index < -0.39 is 16.4 Å². The number of rotatable bonds is 4. The minimum atomic E-state index is -0.705. The molecule has 0 unspecified atom stereocenters. The zero-order valence-electron chi connectivity index (χ0n) is 11.5. The van der Waals surface area contributed by atoms with Crippen LogP contribution < -0.4 is 5.43 Å². The Hall–Kier alpha value is -3.78. The maximum absolute atomic E-state index is 13.4. The zero-order chi connectivity index (χ0) is 16.8. The second-order valence-electron chi connectivity index (χ2n) is 4.29. The third-order valence-corrected chi connectivity index (χ3v) is 2.87. The molecule has 0 atom stereocenters. The summed E-state index contributed by atoms with van der Waals surface area (Å²) >= 11 is 0. The predicted octanol–water partition coefficient (Wildman–Crippen LogP) is 2.92. The fraction of sp³-hybridized carbons (Fsp3) is 0. The van der Waals surface area contributed by atoms with Gasteiger partial charge in [-0.05, 0) is 12.1 Å². The number of nitro benzene ring substituents is 1. The number of halogens is 1. The Balaban J connectivity index is 2.36. The van der Waals surface area contributed by atoms with Crippen LogP contribution in [0.25, 0.3) is 0 Å². The van der Waals surface area contributed by atoms with Gasteiger partial charge in [-0.2, -0.15) is 15.6 Å². The van der Waals surface area contributed by atoms with Gasteiger partial charge >= 0.3 is 0 Å². The molecule has 7 nitrogen and oxygen atoms in total. The molecular weight excluding hydrogens is 301 g/mol. The molecule has 1 N–H and O–H groups in total. The van der Waals surface area contributed by atoms with Gasteiger partial charge in [0, 0.05) is 11.6 Å². The normalized spacial score (nSPS) is 10.0. The van der Waals surface area contributed by atoms with Crippen LogP contribution in [0.2, 0.25) is 0 Å². The van der Waals surface area contributed by atoms with Crippen LogP contribution in [-0.2, 0) is 0 Å². The van der Waals surface area contributed by atoms with E-state index in [0.29, 0.717) is 0 Å². The summed E-state index contributed by atoms with van der Waals surface area (Å²) in [5, 5.41) is 32.6. The highest BCUT2D eigenvalue weighted by molar-refractivity contribution is 5.81. The average molecular weight is 309 g/mol. The molecule has 0 bridgehead atoms. The van der Waals surface area contributed by atoms with Gasteiger partial charge in [0.2, 0.25) is 0 Å². The molecule has 0 saturated heterocycles. The molecule has 2 rings (SSSR count). The molecule has 0 aliphatic carbocycles. The molecule has 0 aliphatic heterocycles. The van der Waals surface area contributed by atoms with Crippen molar-refractivity contribution in [2.75, 3.05) is 5.43 Å². The number of hydrogen-bond donors (Lipinski definition) is 1. The number of nitrogens with zero attached hydrogens (tertiary/aromatic N) is 4. The molecule has 0 heterocycles. The fourth-order valence-electron chi connectivity index (χ4n) is 1.77. The standard InChI is InChI=1S/C15H8FN5O2/c16-13-4-2-1-3-10(13)9-19-20-14-5-11(7-17)12(8-18)6-15(14)21(22)23/h1-6,9,20H/b19-9+. The first-order valence-electron chi connectivity index (χ1n) is 6.23. The Morgan fingerprint density at radius 1 is 1.22 bits per heavy atom.